The molecule has 3 aromatic carbocycles. The van der Waals surface area contributed by atoms with Crippen molar-refractivity contribution in [3.63, 3.8) is 0 Å². The van der Waals surface area contributed by atoms with Gasteiger partial charge in [0.1, 0.15) is 5.75 Å². The molecule has 0 saturated carbocycles. The number of fused-ring (bicyclic) bond motifs is 1. The molecular formula is C25H25ClN2O6S. The van der Waals surface area contributed by atoms with Gasteiger partial charge in [-0.15, -0.1) is 0 Å². The van der Waals surface area contributed by atoms with Gasteiger partial charge in [0.25, 0.3) is 15.9 Å². The zero-order chi connectivity index (χ0) is 25.2. The first-order valence-electron chi connectivity index (χ1n) is 10.8. The summed E-state index contributed by atoms with van der Waals surface area (Å²) in [5.41, 5.74) is 1.78. The topological polar surface area (TPSA) is 94.2 Å². The summed E-state index contributed by atoms with van der Waals surface area (Å²) < 4.78 is 45.0. The van der Waals surface area contributed by atoms with E-state index in [2.05, 4.69) is 4.72 Å². The summed E-state index contributed by atoms with van der Waals surface area (Å²) in [6, 6.07) is 16.4. The van der Waals surface area contributed by atoms with Crippen LogP contribution < -0.4 is 18.9 Å². The Morgan fingerprint density at radius 1 is 1.09 bits per heavy atom. The number of nitrogens with zero attached hydrogens (tertiary/aromatic N) is 1. The Balaban J connectivity index is 1.64. The van der Waals surface area contributed by atoms with Crippen LogP contribution in [0, 0.1) is 0 Å². The number of hydrogen-bond donors (Lipinski definition) is 1. The molecule has 4 rings (SSSR count). The Bertz CT molecular complexity index is 1360. The zero-order valence-corrected chi connectivity index (χ0v) is 21.0. The summed E-state index contributed by atoms with van der Waals surface area (Å²) in [7, 11) is -0.759. The van der Waals surface area contributed by atoms with Gasteiger partial charge in [-0.1, -0.05) is 29.8 Å². The molecule has 0 fully saturated rings. The van der Waals surface area contributed by atoms with Crippen molar-refractivity contribution in [2.45, 2.75) is 31.0 Å². The van der Waals surface area contributed by atoms with Gasteiger partial charge in [-0.25, -0.2) is 8.42 Å². The molecule has 1 N–H and O–H groups in total. The molecule has 0 radical (unpaired) electrons. The summed E-state index contributed by atoms with van der Waals surface area (Å²) in [4.78, 5) is 14.8. The summed E-state index contributed by atoms with van der Waals surface area (Å²) in [5, 5.41) is 0.319. The first kappa shape index (κ1) is 24.7. The van der Waals surface area contributed by atoms with Gasteiger partial charge in [0.2, 0.25) is 0 Å². The molecule has 0 spiro atoms. The number of halogens is 1. The number of methoxy groups -OCH3 is 2. The predicted octanol–water partition coefficient (Wildman–Crippen LogP) is 4.47. The van der Waals surface area contributed by atoms with Crippen molar-refractivity contribution in [3.8, 4) is 17.2 Å². The number of para-hydroxylation sites is 1. The van der Waals surface area contributed by atoms with E-state index in [0.29, 0.717) is 33.5 Å². The number of sulfonamides is 1. The standard InChI is InChI=1S/C25H25ClN2O6S/c1-16-25(29)28(14-17-6-4-9-23(32-2)24(17)33-3)15-18-12-20(10-11-22(18)34-16)27-35(30,31)21-8-5-7-19(26)13-21/h4-13,16,27H,14-15H2,1-3H3/t16-/m0/s1. The van der Waals surface area contributed by atoms with Gasteiger partial charge in [0.15, 0.2) is 17.6 Å². The first-order chi connectivity index (χ1) is 16.7. The molecule has 1 aliphatic heterocycles. The van der Waals surface area contributed by atoms with E-state index >= 15 is 0 Å². The molecule has 0 saturated heterocycles. The van der Waals surface area contributed by atoms with Crippen molar-refractivity contribution in [2.24, 2.45) is 0 Å². The van der Waals surface area contributed by atoms with Gasteiger partial charge >= 0.3 is 0 Å². The molecule has 8 nitrogen and oxygen atoms in total. The van der Waals surface area contributed by atoms with Crippen molar-refractivity contribution < 1.29 is 27.4 Å². The van der Waals surface area contributed by atoms with Crippen LogP contribution in [-0.4, -0.2) is 39.5 Å². The average Bonchev–Trinajstić information content (AvgIpc) is 2.94. The van der Waals surface area contributed by atoms with Crippen molar-refractivity contribution in [1.82, 2.24) is 4.90 Å². The van der Waals surface area contributed by atoms with Gasteiger partial charge in [0, 0.05) is 34.9 Å². The van der Waals surface area contributed by atoms with Crippen molar-refractivity contribution in [3.05, 3.63) is 76.8 Å². The second kappa shape index (κ2) is 10.1. The minimum Gasteiger partial charge on any atom is -0.493 e. The highest BCUT2D eigenvalue weighted by atomic mass is 35.5. The van der Waals surface area contributed by atoms with Crippen molar-refractivity contribution in [2.75, 3.05) is 18.9 Å². The number of carbonyl (C=O) groups is 1. The van der Waals surface area contributed by atoms with E-state index in [4.69, 9.17) is 25.8 Å². The van der Waals surface area contributed by atoms with Crippen LogP contribution in [0.2, 0.25) is 5.02 Å². The highest BCUT2D eigenvalue weighted by Gasteiger charge is 2.29. The van der Waals surface area contributed by atoms with Crippen LogP contribution in [0.5, 0.6) is 17.2 Å². The molecule has 1 aliphatic rings. The van der Waals surface area contributed by atoms with E-state index in [0.717, 1.165) is 5.56 Å². The second-order valence-corrected chi connectivity index (χ2v) is 10.1. The van der Waals surface area contributed by atoms with Gasteiger partial charge < -0.3 is 19.1 Å². The lowest BCUT2D eigenvalue weighted by Crippen LogP contribution is -2.37. The van der Waals surface area contributed by atoms with Crippen molar-refractivity contribution >= 4 is 33.2 Å². The van der Waals surface area contributed by atoms with Crippen LogP contribution >= 0.6 is 11.6 Å². The number of rotatable bonds is 7. The fourth-order valence-electron chi connectivity index (χ4n) is 3.93. The average molecular weight is 517 g/mol. The number of carbonyl (C=O) groups excluding carboxylic acids is 1. The molecule has 0 aromatic heterocycles. The van der Waals surface area contributed by atoms with Gasteiger partial charge in [0.05, 0.1) is 19.1 Å². The third-order valence-corrected chi connectivity index (χ3v) is 7.20. The first-order valence-corrected chi connectivity index (χ1v) is 12.6. The zero-order valence-electron chi connectivity index (χ0n) is 19.4. The quantitative estimate of drug-likeness (QED) is 0.498. The SMILES string of the molecule is COc1cccc(CN2Cc3cc(NS(=O)(=O)c4cccc(Cl)c4)ccc3O[C@@H](C)C2=O)c1OC. The number of anilines is 1. The molecule has 35 heavy (non-hydrogen) atoms. The molecule has 0 aliphatic carbocycles. The third-order valence-electron chi connectivity index (χ3n) is 5.59. The van der Waals surface area contributed by atoms with Gasteiger partial charge in [-0.05, 0) is 49.4 Å². The number of amides is 1. The Morgan fingerprint density at radius 3 is 2.57 bits per heavy atom. The maximum atomic E-state index is 13.1. The lowest BCUT2D eigenvalue weighted by atomic mass is 10.1. The fraction of sp³-hybridized carbons (Fsp3) is 0.240. The van der Waals surface area contributed by atoms with E-state index in [9.17, 15) is 13.2 Å². The largest absolute Gasteiger partial charge is 0.493 e. The lowest BCUT2D eigenvalue weighted by Gasteiger charge is -2.24. The molecule has 3 aromatic rings. The summed E-state index contributed by atoms with van der Waals surface area (Å²) >= 11 is 5.95. The van der Waals surface area contributed by atoms with Crippen LogP contribution in [0.25, 0.3) is 0 Å². The van der Waals surface area contributed by atoms with Crippen LogP contribution in [-0.2, 0) is 27.9 Å². The number of ether oxygens (including phenoxy) is 3. The Hall–Kier alpha value is -3.43. The Morgan fingerprint density at radius 2 is 1.86 bits per heavy atom. The van der Waals surface area contributed by atoms with E-state index < -0.39 is 16.1 Å². The maximum absolute atomic E-state index is 13.1. The van der Waals surface area contributed by atoms with Crippen LogP contribution in [0.1, 0.15) is 18.1 Å². The minimum atomic E-state index is -3.86. The van der Waals surface area contributed by atoms with E-state index in [1.165, 1.54) is 12.1 Å². The molecule has 1 atom stereocenters. The van der Waals surface area contributed by atoms with Crippen molar-refractivity contribution in [1.29, 1.82) is 0 Å². The summed E-state index contributed by atoms with van der Waals surface area (Å²) in [6.07, 6.45) is -0.721. The summed E-state index contributed by atoms with van der Waals surface area (Å²) in [5.74, 6) is 1.42. The van der Waals surface area contributed by atoms with Gasteiger partial charge in [-0.3, -0.25) is 9.52 Å². The highest BCUT2D eigenvalue weighted by Crippen LogP contribution is 2.34. The number of benzene rings is 3. The Labute approximate surface area is 209 Å². The van der Waals surface area contributed by atoms with Crippen LogP contribution in [0.3, 0.4) is 0 Å². The molecule has 1 amide bonds. The molecule has 184 valence electrons. The summed E-state index contributed by atoms with van der Waals surface area (Å²) in [6.45, 7) is 2.15. The Kier molecular flexibility index (Phi) is 7.09. The maximum Gasteiger partial charge on any atom is 0.263 e. The van der Waals surface area contributed by atoms with E-state index in [-0.39, 0.29) is 23.9 Å². The fourth-order valence-corrected chi connectivity index (χ4v) is 5.28. The van der Waals surface area contributed by atoms with Crippen LogP contribution in [0.15, 0.2) is 65.6 Å². The molecule has 0 bridgehead atoms. The molecule has 1 heterocycles. The molecule has 10 heteroatoms. The molecular weight excluding hydrogens is 492 g/mol. The predicted molar refractivity (Wildman–Crippen MR) is 133 cm³/mol. The highest BCUT2D eigenvalue weighted by molar-refractivity contribution is 7.92. The van der Waals surface area contributed by atoms with E-state index in [1.807, 2.05) is 12.1 Å². The minimum absolute atomic E-state index is 0.0479. The van der Waals surface area contributed by atoms with Crippen LogP contribution in [0.4, 0.5) is 5.69 Å². The smallest absolute Gasteiger partial charge is 0.263 e. The second-order valence-electron chi connectivity index (χ2n) is 7.99. The molecule has 0 unspecified atom stereocenters. The lowest BCUT2D eigenvalue weighted by molar-refractivity contribution is -0.138. The van der Waals surface area contributed by atoms with E-state index in [1.54, 1.807) is 62.4 Å². The number of hydrogen-bond acceptors (Lipinski definition) is 6. The monoisotopic (exact) mass is 516 g/mol. The normalized spacial score (nSPS) is 15.6. The van der Waals surface area contributed by atoms with Gasteiger partial charge in [-0.2, -0.15) is 0 Å². The number of nitrogens with one attached hydrogen (secondary N) is 1. The third kappa shape index (κ3) is 5.31.